The van der Waals surface area contributed by atoms with Crippen molar-refractivity contribution in [1.82, 2.24) is 10.3 Å². The molecule has 0 spiro atoms. The van der Waals surface area contributed by atoms with Crippen molar-refractivity contribution in [2.24, 2.45) is 0 Å². The van der Waals surface area contributed by atoms with Gasteiger partial charge in [0, 0.05) is 24.0 Å². The second-order valence-electron chi connectivity index (χ2n) is 4.06. The van der Waals surface area contributed by atoms with E-state index in [-0.39, 0.29) is 6.04 Å². The monoisotopic (exact) mass is 236 g/mol. The molecule has 0 saturated heterocycles. The highest BCUT2D eigenvalue weighted by Crippen LogP contribution is 2.08. The van der Waals surface area contributed by atoms with E-state index in [1.54, 1.807) is 6.20 Å². The molecule has 2 heteroatoms. The third-order valence-corrected chi connectivity index (χ3v) is 2.69. The van der Waals surface area contributed by atoms with Crippen molar-refractivity contribution in [3.8, 4) is 11.8 Å². The number of pyridine rings is 1. The van der Waals surface area contributed by atoms with Gasteiger partial charge in [0.05, 0.1) is 6.54 Å². The lowest BCUT2D eigenvalue weighted by atomic mass is 10.1. The maximum atomic E-state index is 4.11. The summed E-state index contributed by atoms with van der Waals surface area (Å²) >= 11 is 0. The molecule has 1 N–H and O–H groups in total. The van der Waals surface area contributed by atoms with E-state index in [1.807, 2.05) is 42.6 Å². The Morgan fingerprint density at radius 3 is 2.72 bits per heavy atom. The zero-order valence-electron chi connectivity index (χ0n) is 10.4. The van der Waals surface area contributed by atoms with Gasteiger partial charge in [-0.25, -0.2) is 0 Å². The molecule has 0 radical (unpaired) electrons. The fourth-order valence-electron chi connectivity index (χ4n) is 1.62. The summed E-state index contributed by atoms with van der Waals surface area (Å²) in [5.41, 5.74) is 2.23. The number of aromatic nitrogens is 1. The van der Waals surface area contributed by atoms with E-state index < -0.39 is 0 Å². The fourth-order valence-corrected chi connectivity index (χ4v) is 1.62. The summed E-state index contributed by atoms with van der Waals surface area (Å²) in [7, 11) is 0. The van der Waals surface area contributed by atoms with Crippen LogP contribution >= 0.6 is 0 Å². The average Bonchev–Trinajstić information content (AvgIpc) is 2.45. The predicted molar refractivity (Wildman–Crippen MR) is 74.0 cm³/mol. The third-order valence-electron chi connectivity index (χ3n) is 2.69. The van der Waals surface area contributed by atoms with Crippen molar-refractivity contribution in [3.05, 3.63) is 66.0 Å². The van der Waals surface area contributed by atoms with Crippen molar-refractivity contribution in [2.45, 2.75) is 13.0 Å². The molecule has 1 heterocycles. The van der Waals surface area contributed by atoms with Crippen LogP contribution in [-0.2, 0) is 0 Å². The molecule has 18 heavy (non-hydrogen) atoms. The first-order chi connectivity index (χ1) is 8.86. The van der Waals surface area contributed by atoms with Crippen LogP contribution in [0.15, 0.2) is 54.9 Å². The summed E-state index contributed by atoms with van der Waals surface area (Å²) in [5, 5.41) is 3.36. The van der Waals surface area contributed by atoms with Gasteiger partial charge < -0.3 is 0 Å². The van der Waals surface area contributed by atoms with Gasteiger partial charge in [-0.2, -0.15) is 0 Å². The first kappa shape index (κ1) is 12.3. The average molecular weight is 236 g/mol. The second kappa shape index (κ2) is 6.58. The number of rotatable bonds is 3. The summed E-state index contributed by atoms with van der Waals surface area (Å²) in [6.45, 7) is 2.78. The van der Waals surface area contributed by atoms with Gasteiger partial charge in [-0.05, 0) is 30.7 Å². The van der Waals surface area contributed by atoms with Crippen LogP contribution < -0.4 is 5.32 Å². The van der Waals surface area contributed by atoms with Gasteiger partial charge in [-0.15, -0.1) is 0 Å². The lowest BCUT2D eigenvalue weighted by molar-refractivity contribution is 0.621. The number of nitrogens with one attached hydrogen (secondary N) is 1. The van der Waals surface area contributed by atoms with Crippen LogP contribution in [0.1, 0.15) is 24.1 Å². The summed E-state index contributed by atoms with van der Waals surface area (Å²) in [6, 6.07) is 14.3. The van der Waals surface area contributed by atoms with Gasteiger partial charge in [0.2, 0.25) is 0 Å². The van der Waals surface area contributed by atoms with E-state index >= 15 is 0 Å². The molecule has 0 fully saturated rings. The molecule has 1 atom stereocenters. The Hall–Kier alpha value is -2.11. The smallest absolute Gasteiger partial charge is 0.0584 e. The number of nitrogens with zero attached hydrogens (tertiary/aromatic N) is 1. The fraction of sp³-hybridized carbons (Fsp3) is 0.188. The van der Waals surface area contributed by atoms with E-state index in [9.17, 15) is 0 Å². The molecule has 90 valence electrons. The van der Waals surface area contributed by atoms with Gasteiger partial charge in [0.15, 0.2) is 0 Å². The highest BCUT2D eigenvalue weighted by atomic mass is 14.9. The van der Waals surface area contributed by atoms with E-state index in [2.05, 4.69) is 35.1 Å². The Morgan fingerprint density at radius 2 is 2.00 bits per heavy atom. The zero-order valence-corrected chi connectivity index (χ0v) is 10.4. The highest BCUT2D eigenvalue weighted by Gasteiger charge is 2.01. The minimum Gasteiger partial charge on any atom is -0.300 e. The number of benzene rings is 1. The zero-order chi connectivity index (χ0) is 12.6. The molecule has 2 rings (SSSR count). The molecular formula is C16H16N2. The van der Waals surface area contributed by atoms with Crippen LogP contribution in [0.4, 0.5) is 0 Å². The predicted octanol–water partition coefficient (Wildman–Crippen LogP) is 2.78. The highest BCUT2D eigenvalue weighted by molar-refractivity contribution is 5.33. The molecule has 0 aliphatic heterocycles. The van der Waals surface area contributed by atoms with E-state index in [0.29, 0.717) is 6.54 Å². The standard InChI is InChI=1S/C16H16N2/c1-14(16-10-6-11-17-13-16)18-12-5-9-15-7-3-2-4-8-15/h2-4,6-8,10-11,13-14,18H,12H2,1H3/t14-/m1/s1. The normalized spacial score (nSPS) is 11.4. The molecule has 0 bridgehead atoms. The Kier molecular flexibility index (Phi) is 4.52. The van der Waals surface area contributed by atoms with Gasteiger partial charge in [-0.1, -0.05) is 36.1 Å². The summed E-state index contributed by atoms with van der Waals surface area (Å²) in [4.78, 5) is 4.11. The minimum atomic E-state index is 0.267. The van der Waals surface area contributed by atoms with Crippen LogP contribution in [0, 0.1) is 11.8 Å². The summed E-state index contributed by atoms with van der Waals surface area (Å²) < 4.78 is 0. The van der Waals surface area contributed by atoms with Crippen molar-refractivity contribution in [2.75, 3.05) is 6.54 Å². The Morgan fingerprint density at radius 1 is 1.17 bits per heavy atom. The van der Waals surface area contributed by atoms with Crippen molar-refractivity contribution >= 4 is 0 Å². The minimum absolute atomic E-state index is 0.267. The molecule has 0 amide bonds. The maximum Gasteiger partial charge on any atom is 0.0584 e. The lowest BCUT2D eigenvalue weighted by Crippen LogP contribution is -2.18. The van der Waals surface area contributed by atoms with Gasteiger partial charge >= 0.3 is 0 Å². The van der Waals surface area contributed by atoms with Crippen LogP contribution in [-0.4, -0.2) is 11.5 Å². The molecule has 0 aliphatic rings. The largest absolute Gasteiger partial charge is 0.300 e. The van der Waals surface area contributed by atoms with Crippen LogP contribution in [0.2, 0.25) is 0 Å². The molecule has 2 nitrogen and oxygen atoms in total. The van der Waals surface area contributed by atoms with Crippen LogP contribution in [0.5, 0.6) is 0 Å². The Labute approximate surface area is 108 Å². The Bertz CT molecular complexity index is 523. The van der Waals surface area contributed by atoms with E-state index in [1.165, 1.54) is 5.56 Å². The quantitative estimate of drug-likeness (QED) is 0.829. The third kappa shape index (κ3) is 3.73. The van der Waals surface area contributed by atoms with Crippen LogP contribution in [0.25, 0.3) is 0 Å². The van der Waals surface area contributed by atoms with Crippen molar-refractivity contribution in [3.63, 3.8) is 0 Å². The first-order valence-corrected chi connectivity index (χ1v) is 6.03. The van der Waals surface area contributed by atoms with Crippen molar-refractivity contribution in [1.29, 1.82) is 0 Å². The molecule has 2 aromatic rings. The maximum absolute atomic E-state index is 4.11. The number of hydrogen-bond acceptors (Lipinski definition) is 2. The van der Waals surface area contributed by atoms with Gasteiger partial charge in [0.1, 0.15) is 0 Å². The number of hydrogen-bond donors (Lipinski definition) is 1. The van der Waals surface area contributed by atoms with E-state index in [0.717, 1.165) is 5.56 Å². The Balaban J connectivity index is 1.85. The van der Waals surface area contributed by atoms with Gasteiger partial charge in [0.25, 0.3) is 0 Å². The summed E-state index contributed by atoms with van der Waals surface area (Å²) in [5.74, 6) is 6.24. The molecule has 0 aliphatic carbocycles. The topological polar surface area (TPSA) is 24.9 Å². The lowest BCUT2D eigenvalue weighted by Gasteiger charge is -2.10. The second-order valence-corrected chi connectivity index (χ2v) is 4.06. The van der Waals surface area contributed by atoms with Crippen LogP contribution in [0.3, 0.4) is 0 Å². The molecular weight excluding hydrogens is 220 g/mol. The molecule has 0 unspecified atom stereocenters. The SMILES string of the molecule is C[C@@H](NCC#Cc1ccccc1)c1cccnc1. The molecule has 1 aromatic carbocycles. The molecule has 1 aromatic heterocycles. The molecule has 0 saturated carbocycles. The first-order valence-electron chi connectivity index (χ1n) is 6.03. The van der Waals surface area contributed by atoms with E-state index in [4.69, 9.17) is 0 Å². The van der Waals surface area contributed by atoms with Gasteiger partial charge in [-0.3, -0.25) is 10.3 Å². The van der Waals surface area contributed by atoms with Crippen molar-refractivity contribution < 1.29 is 0 Å². The summed E-state index contributed by atoms with van der Waals surface area (Å²) in [6.07, 6.45) is 3.66.